The first-order valence-electron chi connectivity index (χ1n) is 6.76. The summed E-state index contributed by atoms with van der Waals surface area (Å²) in [6, 6.07) is 0. The van der Waals surface area contributed by atoms with Gasteiger partial charge in [0.1, 0.15) is 11.9 Å². The first kappa shape index (κ1) is 16.6. The van der Waals surface area contributed by atoms with Crippen molar-refractivity contribution in [2.24, 2.45) is 5.92 Å². The molecule has 0 saturated carbocycles. The molecule has 0 amide bonds. The highest BCUT2D eigenvalue weighted by molar-refractivity contribution is 5.79. The molecular weight excluding hydrogens is 248 g/mol. The number of ketones is 1. The molecule has 0 radical (unpaired) electrons. The number of methoxy groups -OCH3 is 1. The SMILES string of the molecule is COC1C(C)OC(C)C(CC(=O)CC(C)(C)O)C1O. The molecule has 2 N–H and O–H groups in total. The summed E-state index contributed by atoms with van der Waals surface area (Å²) in [5, 5.41) is 19.9. The Bertz CT molecular complexity index is 309. The van der Waals surface area contributed by atoms with Crippen LogP contribution < -0.4 is 0 Å². The quantitative estimate of drug-likeness (QED) is 0.779. The van der Waals surface area contributed by atoms with Gasteiger partial charge >= 0.3 is 0 Å². The second-order valence-electron chi connectivity index (χ2n) is 6.13. The van der Waals surface area contributed by atoms with Crippen LogP contribution in [-0.2, 0) is 14.3 Å². The van der Waals surface area contributed by atoms with E-state index in [9.17, 15) is 15.0 Å². The Morgan fingerprint density at radius 2 is 1.89 bits per heavy atom. The summed E-state index contributed by atoms with van der Waals surface area (Å²) in [5.41, 5.74) is -1.02. The van der Waals surface area contributed by atoms with Gasteiger partial charge in [0.25, 0.3) is 0 Å². The molecule has 0 aromatic heterocycles. The molecular formula is C14H26O5. The van der Waals surface area contributed by atoms with Gasteiger partial charge in [-0.05, 0) is 27.7 Å². The Labute approximate surface area is 114 Å². The maximum absolute atomic E-state index is 11.9. The largest absolute Gasteiger partial charge is 0.390 e. The number of aliphatic hydroxyl groups is 2. The van der Waals surface area contributed by atoms with Crippen LogP contribution in [0.5, 0.6) is 0 Å². The molecule has 1 rings (SSSR count). The molecule has 0 spiro atoms. The van der Waals surface area contributed by atoms with Crippen molar-refractivity contribution in [3.63, 3.8) is 0 Å². The molecule has 19 heavy (non-hydrogen) atoms. The van der Waals surface area contributed by atoms with Gasteiger partial charge in [0.2, 0.25) is 0 Å². The smallest absolute Gasteiger partial charge is 0.136 e. The van der Waals surface area contributed by atoms with Crippen LogP contribution in [0.3, 0.4) is 0 Å². The lowest BCUT2D eigenvalue weighted by Crippen LogP contribution is -2.53. The molecule has 0 bridgehead atoms. The minimum atomic E-state index is -1.02. The fraction of sp³-hybridized carbons (Fsp3) is 0.929. The zero-order chi connectivity index (χ0) is 14.8. The van der Waals surface area contributed by atoms with E-state index >= 15 is 0 Å². The first-order chi connectivity index (χ1) is 8.65. The van der Waals surface area contributed by atoms with Crippen molar-refractivity contribution in [3.8, 4) is 0 Å². The topological polar surface area (TPSA) is 76.0 Å². The zero-order valence-electron chi connectivity index (χ0n) is 12.4. The highest BCUT2D eigenvalue weighted by Gasteiger charge is 2.42. The molecule has 5 atom stereocenters. The fourth-order valence-electron chi connectivity index (χ4n) is 2.75. The van der Waals surface area contributed by atoms with Crippen LogP contribution in [-0.4, -0.2) is 53.1 Å². The van der Waals surface area contributed by atoms with Crippen LogP contribution in [0.1, 0.15) is 40.5 Å². The lowest BCUT2D eigenvalue weighted by atomic mass is 9.82. The predicted octanol–water partition coefficient (Wildman–Crippen LogP) is 0.906. The van der Waals surface area contributed by atoms with E-state index in [1.54, 1.807) is 13.8 Å². The van der Waals surface area contributed by atoms with Crippen molar-refractivity contribution in [2.75, 3.05) is 7.11 Å². The minimum Gasteiger partial charge on any atom is -0.390 e. The molecule has 5 nitrogen and oxygen atoms in total. The number of carbonyl (C=O) groups excluding carboxylic acids is 1. The van der Waals surface area contributed by atoms with E-state index in [1.807, 2.05) is 13.8 Å². The lowest BCUT2D eigenvalue weighted by molar-refractivity contribution is -0.199. The van der Waals surface area contributed by atoms with Gasteiger partial charge in [-0.3, -0.25) is 4.79 Å². The third-order valence-electron chi connectivity index (χ3n) is 3.64. The molecule has 112 valence electrons. The summed E-state index contributed by atoms with van der Waals surface area (Å²) in [6.45, 7) is 6.90. The zero-order valence-corrected chi connectivity index (χ0v) is 12.4. The number of hydrogen-bond donors (Lipinski definition) is 2. The molecule has 0 aliphatic carbocycles. The number of Topliss-reactive ketones (excluding diaryl/α,β-unsaturated/α-hetero) is 1. The Balaban J connectivity index is 2.68. The van der Waals surface area contributed by atoms with Gasteiger partial charge in [0.05, 0.1) is 23.9 Å². The van der Waals surface area contributed by atoms with Crippen LogP contribution >= 0.6 is 0 Å². The Morgan fingerprint density at radius 3 is 2.37 bits per heavy atom. The number of ether oxygens (including phenoxy) is 2. The maximum atomic E-state index is 11.9. The van der Waals surface area contributed by atoms with Crippen LogP contribution in [0, 0.1) is 5.92 Å². The van der Waals surface area contributed by atoms with E-state index in [1.165, 1.54) is 7.11 Å². The number of rotatable bonds is 5. The first-order valence-corrected chi connectivity index (χ1v) is 6.76. The van der Waals surface area contributed by atoms with Gasteiger partial charge in [-0.2, -0.15) is 0 Å². The van der Waals surface area contributed by atoms with E-state index in [0.29, 0.717) is 0 Å². The lowest BCUT2D eigenvalue weighted by Gasteiger charge is -2.42. The molecule has 1 saturated heterocycles. The van der Waals surface area contributed by atoms with Crippen molar-refractivity contribution in [1.82, 2.24) is 0 Å². The molecule has 5 heteroatoms. The van der Waals surface area contributed by atoms with Gasteiger partial charge in [-0.1, -0.05) is 0 Å². The van der Waals surface area contributed by atoms with Crippen molar-refractivity contribution >= 4 is 5.78 Å². The second-order valence-corrected chi connectivity index (χ2v) is 6.13. The summed E-state index contributed by atoms with van der Waals surface area (Å²) in [6.07, 6.45) is -1.28. The van der Waals surface area contributed by atoms with E-state index in [0.717, 1.165) is 0 Å². The van der Waals surface area contributed by atoms with Crippen molar-refractivity contribution in [2.45, 2.75) is 70.6 Å². The highest BCUT2D eigenvalue weighted by Crippen LogP contribution is 2.30. The Morgan fingerprint density at radius 1 is 1.32 bits per heavy atom. The summed E-state index contributed by atoms with van der Waals surface area (Å²) in [4.78, 5) is 11.9. The summed E-state index contributed by atoms with van der Waals surface area (Å²) >= 11 is 0. The molecule has 1 heterocycles. The molecule has 0 aromatic rings. The van der Waals surface area contributed by atoms with Gasteiger partial charge in [-0.15, -0.1) is 0 Å². The normalized spacial score (nSPS) is 36.3. The van der Waals surface area contributed by atoms with Crippen molar-refractivity contribution in [1.29, 1.82) is 0 Å². The molecule has 5 unspecified atom stereocenters. The average Bonchev–Trinajstić information content (AvgIpc) is 2.22. The number of aliphatic hydroxyl groups excluding tert-OH is 1. The van der Waals surface area contributed by atoms with Gasteiger partial charge in [0, 0.05) is 25.9 Å². The Hall–Kier alpha value is -0.490. The highest BCUT2D eigenvalue weighted by atomic mass is 16.6. The second kappa shape index (κ2) is 6.31. The number of hydrogen-bond acceptors (Lipinski definition) is 5. The predicted molar refractivity (Wildman–Crippen MR) is 70.8 cm³/mol. The molecule has 1 aliphatic rings. The average molecular weight is 274 g/mol. The van der Waals surface area contributed by atoms with Gasteiger partial charge in [-0.25, -0.2) is 0 Å². The summed E-state index contributed by atoms with van der Waals surface area (Å²) < 4.78 is 10.9. The van der Waals surface area contributed by atoms with E-state index < -0.39 is 17.8 Å². The molecule has 0 aromatic carbocycles. The fourth-order valence-corrected chi connectivity index (χ4v) is 2.75. The third kappa shape index (κ3) is 4.53. The van der Waals surface area contributed by atoms with E-state index in [-0.39, 0.29) is 36.8 Å². The van der Waals surface area contributed by atoms with Crippen LogP contribution in [0.4, 0.5) is 0 Å². The van der Waals surface area contributed by atoms with Gasteiger partial charge < -0.3 is 19.7 Å². The van der Waals surface area contributed by atoms with E-state index in [2.05, 4.69) is 0 Å². The Kier molecular flexibility index (Phi) is 5.50. The monoisotopic (exact) mass is 274 g/mol. The van der Waals surface area contributed by atoms with Crippen LogP contribution in [0.2, 0.25) is 0 Å². The van der Waals surface area contributed by atoms with Crippen molar-refractivity contribution in [3.05, 3.63) is 0 Å². The summed E-state index contributed by atoms with van der Waals surface area (Å²) in [7, 11) is 1.53. The van der Waals surface area contributed by atoms with Crippen LogP contribution in [0.15, 0.2) is 0 Å². The standard InChI is InChI=1S/C14H26O5/c1-8-11(6-10(15)7-14(3,4)17)12(16)13(18-5)9(2)19-8/h8-9,11-13,16-17H,6-7H2,1-5H3. The minimum absolute atomic E-state index is 0.0728. The number of carbonyl (C=O) groups is 1. The van der Waals surface area contributed by atoms with Crippen LogP contribution in [0.25, 0.3) is 0 Å². The maximum Gasteiger partial charge on any atom is 0.136 e. The molecule has 1 aliphatic heterocycles. The van der Waals surface area contributed by atoms with E-state index in [4.69, 9.17) is 9.47 Å². The van der Waals surface area contributed by atoms with Gasteiger partial charge in [0.15, 0.2) is 0 Å². The molecule has 1 fully saturated rings. The van der Waals surface area contributed by atoms with Crippen molar-refractivity contribution < 1.29 is 24.5 Å². The third-order valence-corrected chi connectivity index (χ3v) is 3.64. The summed E-state index contributed by atoms with van der Waals surface area (Å²) in [5.74, 6) is -0.368.